The van der Waals surface area contributed by atoms with E-state index in [0.717, 1.165) is 0 Å². The molecule has 0 bridgehead atoms. The number of amides is 4. The molecule has 4 amide bonds. The lowest BCUT2D eigenvalue weighted by atomic mass is 10.1. The minimum atomic E-state index is -1.20. The number of rotatable bonds is 10. The minimum absolute atomic E-state index is 0.0583. The van der Waals surface area contributed by atoms with Crippen LogP contribution in [0.25, 0.3) is 0 Å². The molecule has 0 spiro atoms. The van der Waals surface area contributed by atoms with Gasteiger partial charge in [-0.1, -0.05) is 0 Å². The second-order valence-corrected chi connectivity index (χ2v) is 6.10. The number of hydrogen-bond donors (Lipinski definition) is 6. The Labute approximate surface area is 145 Å². The fraction of sp³-hybridized carbons (Fsp3) is 0.643. The van der Waals surface area contributed by atoms with Crippen LogP contribution >= 0.6 is 0 Å². The first kappa shape index (κ1) is 22.3. The summed E-state index contributed by atoms with van der Waals surface area (Å²) in [5.74, 6) is -3.41. The van der Waals surface area contributed by atoms with E-state index in [2.05, 4.69) is 26.6 Å². The highest BCUT2D eigenvalue weighted by atomic mass is 16.4. The fourth-order valence-corrected chi connectivity index (χ4v) is 1.31. The molecule has 0 aromatic carbocycles. The summed E-state index contributed by atoms with van der Waals surface area (Å²) in [5, 5.41) is 20.3. The molecule has 11 nitrogen and oxygen atoms in total. The van der Waals surface area contributed by atoms with Crippen molar-refractivity contribution in [1.29, 1.82) is 0 Å². The third kappa shape index (κ3) is 14.6. The third-order valence-electron chi connectivity index (χ3n) is 2.55. The van der Waals surface area contributed by atoms with E-state index >= 15 is 0 Å². The predicted octanol–water partition coefficient (Wildman–Crippen LogP) is -3.08. The molecule has 0 atom stereocenters. The van der Waals surface area contributed by atoms with Crippen LogP contribution in [0.1, 0.15) is 20.8 Å². The Hall–Kier alpha value is -2.69. The number of carbonyl (C=O) groups excluding carboxylic acids is 4. The van der Waals surface area contributed by atoms with E-state index in [1.54, 1.807) is 0 Å². The van der Waals surface area contributed by atoms with Crippen LogP contribution in [0.2, 0.25) is 0 Å². The van der Waals surface area contributed by atoms with E-state index < -0.39 is 36.8 Å². The summed E-state index contributed by atoms with van der Waals surface area (Å²) in [6.45, 7) is 4.14. The molecule has 0 rings (SSSR count). The zero-order valence-corrected chi connectivity index (χ0v) is 14.5. The van der Waals surface area contributed by atoms with Crippen molar-refractivity contribution in [3.05, 3.63) is 0 Å². The van der Waals surface area contributed by atoms with Crippen molar-refractivity contribution in [1.82, 2.24) is 26.6 Å². The van der Waals surface area contributed by atoms with E-state index in [1.807, 2.05) is 20.8 Å². The highest BCUT2D eigenvalue weighted by molar-refractivity contribution is 5.90. The van der Waals surface area contributed by atoms with Crippen molar-refractivity contribution in [3.63, 3.8) is 0 Å². The monoisotopic (exact) mass is 359 g/mol. The molecule has 0 fully saturated rings. The van der Waals surface area contributed by atoms with Crippen LogP contribution in [-0.2, 0) is 24.0 Å². The van der Waals surface area contributed by atoms with Gasteiger partial charge in [-0.3, -0.25) is 24.0 Å². The van der Waals surface area contributed by atoms with Crippen molar-refractivity contribution >= 4 is 29.6 Å². The van der Waals surface area contributed by atoms with Crippen molar-refractivity contribution in [2.45, 2.75) is 26.3 Å². The van der Waals surface area contributed by atoms with Gasteiger partial charge in [-0.05, 0) is 20.8 Å². The Morgan fingerprint density at radius 2 is 0.960 bits per heavy atom. The Bertz CT molecular complexity index is 514. The van der Waals surface area contributed by atoms with Gasteiger partial charge in [0.15, 0.2) is 0 Å². The van der Waals surface area contributed by atoms with E-state index in [9.17, 15) is 24.0 Å². The van der Waals surface area contributed by atoms with Gasteiger partial charge in [0.25, 0.3) is 0 Å². The predicted molar refractivity (Wildman–Crippen MR) is 87.4 cm³/mol. The number of carboxylic acid groups (broad SMARTS) is 1. The molecule has 0 unspecified atom stereocenters. The maximum atomic E-state index is 11.5. The van der Waals surface area contributed by atoms with Gasteiger partial charge in [0, 0.05) is 5.54 Å². The molecule has 142 valence electrons. The van der Waals surface area contributed by atoms with Crippen LogP contribution in [-0.4, -0.2) is 73.0 Å². The maximum Gasteiger partial charge on any atom is 0.322 e. The van der Waals surface area contributed by atoms with E-state index in [4.69, 9.17) is 5.11 Å². The summed E-state index contributed by atoms with van der Waals surface area (Å²) < 4.78 is 0. The third-order valence-corrected chi connectivity index (χ3v) is 2.55. The summed E-state index contributed by atoms with van der Waals surface area (Å²) in [7, 11) is 0. The topological polar surface area (TPSA) is 166 Å². The summed E-state index contributed by atoms with van der Waals surface area (Å²) in [4.78, 5) is 55.8. The SMILES string of the molecule is CC(C)(C)NCC(=O)NCC(=O)NCC(=O)NCC(=O)NCC(=O)O. The Morgan fingerprint density at radius 3 is 1.28 bits per heavy atom. The lowest BCUT2D eigenvalue weighted by Crippen LogP contribution is -2.47. The molecule has 0 heterocycles. The highest BCUT2D eigenvalue weighted by Crippen LogP contribution is 1.96. The molecule has 0 aliphatic rings. The number of carboxylic acids is 1. The Morgan fingerprint density at radius 1 is 0.640 bits per heavy atom. The maximum absolute atomic E-state index is 11.5. The van der Waals surface area contributed by atoms with Gasteiger partial charge < -0.3 is 31.7 Å². The van der Waals surface area contributed by atoms with E-state index in [-0.39, 0.29) is 31.1 Å². The lowest BCUT2D eigenvalue weighted by molar-refractivity contribution is -0.137. The molecule has 0 saturated carbocycles. The smallest absolute Gasteiger partial charge is 0.322 e. The summed E-state index contributed by atoms with van der Waals surface area (Å²) in [6.07, 6.45) is 0. The number of nitrogens with one attached hydrogen (secondary N) is 5. The number of hydrogen-bond acceptors (Lipinski definition) is 6. The molecule has 6 N–H and O–H groups in total. The van der Waals surface area contributed by atoms with Crippen molar-refractivity contribution < 1.29 is 29.1 Å². The van der Waals surface area contributed by atoms with Crippen LogP contribution in [0.15, 0.2) is 0 Å². The summed E-state index contributed by atoms with van der Waals surface area (Å²) in [5.41, 5.74) is -0.228. The molecule has 0 aromatic heterocycles. The quantitative estimate of drug-likeness (QED) is 0.241. The normalized spacial score (nSPS) is 10.5. The summed E-state index contributed by atoms with van der Waals surface area (Å²) in [6, 6.07) is 0. The van der Waals surface area contributed by atoms with Crippen LogP contribution in [0.5, 0.6) is 0 Å². The van der Waals surface area contributed by atoms with Crippen molar-refractivity contribution in [2.24, 2.45) is 0 Å². The van der Waals surface area contributed by atoms with Crippen molar-refractivity contribution in [3.8, 4) is 0 Å². The average Bonchev–Trinajstić information content (AvgIpc) is 2.51. The number of aliphatic carboxylic acids is 1. The molecule has 0 radical (unpaired) electrons. The van der Waals surface area contributed by atoms with Gasteiger partial charge >= 0.3 is 5.97 Å². The molecule has 0 saturated heterocycles. The standard InChI is InChI=1S/C14H25N5O6/c1-14(2,3)19-7-12(23)17-5-10(21)15-4-9(20)16-6-11(22)18-8-13(24)25/h19H,4-8H2,1-3H3,(H,15,21)(H,16,20)(H,17,23)(H,18,22)(H,24,25). The molecular weight excluding hydrogens is 334 g/mol. The Kier molecular flexibility index (Phi) is 9.79. The largest absolute Gasteiger partial charge is 0.480 e. The fourth-order valence-electron chi connectivity index (χ4n) is 1.31. The molecule has 0 aliphatic carbocycles. The minimum Gasteiger partial charge on any atom is -0.480 e. The second-order valence-electron chi connectivity index (χ2n) is 6.10. The van der Waals surface area contributed by atoms with Crippen LogP contribution in [0.4, 0.5) is 0 Å². The highest BCUT2D eigenvalue weighted by Gasteiger charge is 2.12. The second kappa shape index (κ2) is 11.0. The van der Waals surface area contributed by atoms with Gasteiger partial charge in [-0.2, -0.15) is 0 Å². The van der Waals surface area contributed by atoms with E-state index in [1.165, 1.54) is 0 Å². The van der Waals surface area contributed by atoms with Gasteiger partial charge in [-0.25, -0.2) is 0 Å². The molecule has 25 heavy (non-hydrogen) atoms. The first-order valence-electron chi connectivity index (χ1n) is 7.53. The van der Waals surface area contributed by atoms with Gasteiger partial charge in [0.1, 0.15) is 6.54 Å². The van der Waals surface area contributed by atoms with Crippen LogP contribution in [0.3, 0.4) is 0 Å². The molecule has 0 aliphatic heterocycles. The van der Waals surface area contributed by atoms with Crippen LogP contribution < -0.4 is 26.6 Å². The van der Waals surface area contributed by atoms with Crippen LogP contribution in [0, 0.1) is 0 Å². The lowest BCUT2D eigenvalue weighted by Gasteiger charge is -2.19. The Balaban J connectivity index is 3.83. The van der Waals surface area contributed by atoms with Gasteiger partial charge in [0.05, 0.1) is 26.2 Å². The number of carbonyl (C=O) groups is 5. The summed E-state index contributed by atoms with van der Waals surface area (Å²) >= 11 is 0. The van der Waals surface area contributed by atoms with Crippen molar-refractivity contribution in [2.75, 3.05) is 32.7 Å². The zero-order chi connectivity index (χ0) is 19.5. The first-order valence-corrected chi connectivity index (χ1v) is 7.53. The first-order chi connectivity index (χ1) is 11.5. The molecule has 0 aromatic rings. The average molecular weight is 359 g/mol. The zero-order valence-electron chi connectivity index (χ0n) is 14.5. The van der Waals surface area contributed by atoms with Gasteiger partial charge in [0.2, 0.25) is 23.6 Å². The van der Waals surface area contributed by atoms with Gasteiger partial charge in [-0.15, -0.1) is 0 Å². The van der Waals surface area contributed by atoms with E-state index in [0.29, 0.717) is 0 Å². The molecule has 11 heteroatoms. The molecular formula is C14H25N5O6.